The Hall–Kier alpha value is -0.860. The van der Waals surface area contributed by atoms with E-state index in [9.17, 15) is 0 Å². The van der Waals surface area contributed by atoms with E-state index in [1.165, 1.54) is 50.8 Å². The lowest BCUT2D eigenvalue weighted by molar-refractivity contribution is 0.159. The van der Waals surface area contributed by atoms with Crippen LogP contribution in [0.1, 0.15) is 50.6 Å². The third-order valence-corrected chi connectivity index (χ3v) is 4.09. The summed E-state index contributed by atoms with van der Waals surface area (Å²) in [5, 5.41) is 3.53. The molecule has 1 aromatic carbocycles. The van der Waals surface area contributed by atoms with Gasteiger partial charge in [-0.05, 0) is 18.5 Å². The normalized spacial score (nSPS) is 20.6. The summed E-state index contributed by atoms with van der Waals surface area (Å²) in [6.45, 7) is 6.96. The molecule has 2 nitrogen and oxygen atoms in total. The van der Waals surface area contributed by atoms with Crippen molar-refractivity contribution in [3.8, 4) is 0 Å². The highest BCUT2D eigenvalue weighted by Gasteiger charge is 2.22. The third kappa shape index (κ3) is 4.63. The first-order chi connectivity index (χ1) is 9.42. The van der Waals surface area contributed by atoms with Gasteiger partial charge in [0.2, 0.25) is 0 Å². The van der Waals surface area contributed by atoms with Gasteiger partial charge in [-0.15, -0.1) is 0 Å². The monoisotopic (exact) mass is 260 g/mol. The summed E-state index contributed by atoms with van der Waals surface area (Å²) in [7, 11) is 0. The lowest BCUT2D eigenvalue weighted by Crippen LogP contribution is -2.46. The molecular formula is C17H28N2. The van der Waals surface area contributed by atoms with Crippen LogP contribution in [0.25, 0.3) is 0 Å². The molecule has 0 saturated carbocycles. The fourth-order valence-corrected chi connectivity index (χ4v) is 2.94. The van der Waals surface area contributed by atoms with Gasteiger partial charge in [-0.2, -0.15) is 0 Å². The quantitative estimate of drug-likeness (QED) is 0.754. The van der Waals surface area contributed by atoms with E-state index >= 15 is 0 Å². The summed E-state index contributed by atoms with van der Waals surface area (Å²) in [5.74, 6) is 0. The summed E-state index contributed by atoms with van der Waals surface area (Å²) < 4.78 is 0. The van der Waals surface area contributed by atoms with Crippen LogP contribution in [0.3, 0.4) is 0 Å². The highest BCUT2D eigenvalue weighted by atomic mass is 15.2. The van der Waals surface area contributed by atoms with Gasteiger partial charge in [0.15, 0.2) is 0 Å². The molecule has 1 heterocycles. The maximum atomic E-state index is 3.53. The van der Waals surface area contributed by atoms with Gasteiger partial charge < -0.3 is 5.32 Å². The minimum Gasteiger partial charge on any atom is -0.314 e. The molecule has 106 valence electrons. The number of hydrogen-bond donors (Lipinski definition) is 1. The Bertz CT molecular complexity index is 336. The number of benzene rings is 1. The van der Waals surface area contributed by atoms with E-state index < -0.39 is 0 Å². The zero-order valence-electron chi connectivity index (χ0n) is 12.3. The van der Waals surface area contributed by atoms with Crippen molar-refractivity contribution in [1.29, 1.82) is 0 Å². The van der Waals surface area contributed by atoms with Crippen LogP contribution < -0.4 is 5.32 Å². The third-order valence-electron chi connectivity index (χ3n) is 4.09. The molecule has 0 amide bonds. The van der Waals surface area contributed by atoms with E-state index in [4.69, 9.17) is 0 Å². The van der Waals surface area contributed by atoms with E-state index in [1.807, 2.05) is 0 Å². The van der Waals surface area contributed by atoms with Crippen LogP contribution in [0, 0.1) is 0 Å². The van der Waals surface area contributed by atoms with Crippen LogP contribution in [0.5, 0.6) is 0 Å². The van der Waals surface area contributed by atoms with Crippen molar-refractivity contribution in [1.82, 2.24) is 10.2 Å². The van der Waals surface area contributed by atoms with Crippen molar-refractivity contribution >= 4 is 0 Å². The molecule has 0 aromatic heterocycles. The van der Waals surface area contributed by atoms with Crippen molar-refractivity contribution in [3.05, 3.63) is 35.9 Å². The van der Waals surface area contributed by atoms with Gasteiger partial charge in [-0.3, -0.25) is 4.90 Å². The van der Waals surface area contributed by atoms with Crippen molar-refractivity contribution < 1.29 is 0 Å². The van der Waals surface area contributed by atoms with Gasteiger partial charge in [0, 0.05) is 25.7 Å². The molecule has 2 heteroatoms. The number of hydrogen-bond acceptors (Lipinski definition) is 2. The summed E-state index contributed by atoms with van der Waals surface area (Å²) in [6.07, 6.45) is 6.87. The Morgan fingerprint density at radius 3 is 2.68 bits per heavy atom. The van der Waals surface area contributed by atoms with Gasteiger partial charge in [0.25, 0.3) is 0 Å². The highest BCUT2D eigenvalue weighted by Crippen LogP contribution is 2.22. The Kier molecular flexibility index (Phi) is 6.38. The van der Waals surface area contributed by atoms with Crippen LogP contribution in [0.15, 0.2) is 30.3 Å². The Labute approximate surface area is 118 Å². The van der Waals surface area contributed by atoms with Gasteiger partial charge in [0.1, 0.15) is 0 Å². The van der Waals surface area contributed by atoms with Crippen LogP contribution >= 0.6 is 0 Å². The van der Waals surface area contributed by atoms with E-state index in [2.05, 4.69) is 47.5 Å². The topological polar surface area (TPSA) is 15.3 Å². The number of nitrogens with one attached hydrogen (secondary N) is 1. The maximum Gasteiger partial charge on any atom is 0.0473 e. The summed E-state index contributed by atoms with van der Waals surface area (Å²) in [5.41, 5.74) is 1.46. The molecule has 1 saturated heterocycles. The molecule has 1 fully saturated rings. The van der Waals surface area contributed by atoms with Crippen LogP contribution in [0.4, 0.5) is 0 Å². The second-order valence-corrected chi connectivity index (χ2v) is 5.58. The number of rotatable bonds is 7. The second-order valence-electron chi connectivity index (χ2n) is 5.58. The number of unbranched alkanes of at least 4 members (excludes halogenated alkanes) is 4. The fraction of sp³-hybridized carbons (Fsp3) is 0.647. The van der Waals surface area contributed by atoms with Crippen molar-refractivity contribution in [3.63, 3.8) is 0 Å². The summed E-state index contributed by atoms with van der Waals surface area (Å²) in [6, 6.07) is 11.5. The lowest BCUT2D eigenvalue weighted by atomic mass is 10.0. The average Bonchev–Trinajstić information content (AvgIpc) is 2.48. The zero-order valence-corrected chi connectivity index (χ0v) is 12.3. The first-order valence-corrected chi connectivity index (χ1v) is 7.91. The van der Waals surface area contributed by atoms with Gasteiger partial charge in [-0.1, -0.05) is 62.9 Å². The standard InChI is InChI=1S/C17H28N2/c1-2-3-4-5-9-13-19-14-12-18-15-17(19)16-10-7-6-8-11-16/h6-8,10-11,17-18H,2-5,9,12-15H2,1H3. The molecule has 0 bridgehead atoms. The Morgan fingerprint density at radius 1 is 1.11 bits per heavy atom. The predicted molar refractivity (Wildman–Crippen MR) is 82.4 cm³/mol. The smallest absolute Gasteiger partial charge is 0.0473 e. The molecule has 2 rings (SSSR count). The summed E-state index contributed by atoms with van der Waals surface area (Å²) in [4.78, 5) is 2.66. The van der Waals surface area contributed by atoms with E-state index in [0.717, 1.165) is 13.1 Å². The van der Waals surface area contributed by atoms with Crippen LogP contribution in [-0.2, 0) is 0 Å². The number of nitrogens with zero attached hydrogens (tertiary/aromatic N) is 1. The molecule has 1 aromatic rings. The molecule has 0 aliphatic carbocycles. The SMILES string of the molecule is CCCCCCCN1CCNCC1c1ccccc1. The molecule has 1 unspecified atom stereocenters. The molecule has 1 aliphatic rings. The Morgan fingerprint density at radius 2 is 1.89 bits per heavy atom. The van der Waals surface area contributed by atoms with E-state index in [1.54, 1.807) is 0 Å². The predicted octanol–water partition coefficient (Wildman–Crippen LogP) is 3.60. The molecule has 0 spiro atoms. The van der Waals surface area contributed by atoms with Crippen molar-refractivity contribution in [2.45, 2.75) is 45.1 Å². The van der Waals surface area contributed by atoms with Gasteiger partial charge in [0.05, 0.1) is 0 Å². The molecule has 1 atom stereocenters. The minimum atomic E-state index is 0.570. The zero-order chi connectivity index (χ0) is 13.3. The molecule has 19 heavy (non-hydrogen) atoms. The van der Waals surface area contributed by atoms with Gasteiger partial charge >= 0.3 is 0 Å². The minimum absolute atomic E-state index is 0.570. The first kappa shape index (κ1) is 14.5. The molecule has 1 aliphatic heterocycles. The largest absolute Gasteiger partial charge is 0.314 e. The summed E-state index contributed by atoms with van der Waals surface area (Å²) >= 11 is 0. The highest BCUT2D eigenvalue weighted by molar-refractivity contribution is 5.20. The molecule has 0 radical (unpaired) electrons. The fourth-order valence-electron chi connectivity index (χ4n) is 2.94. The Balaban J connectivity index is 1.83. The first-order valence-electron chi connectivity index (χ1n) is 7.91. The van der Waals surface area contributed by atoms with Crippen molar-refractivity contribution in [2.24, 2.45) is 0 Å². The van der Waals surface area contributed by atoms with E-state index in [-0.39, 0.29) is 0 Å². The van der Waals surface area contributed by atoms with Crippen LogP contribution in [0.2, 0.25) is 0 Å². The number of piperazine rings is 1. The van der Waals surface area contributed by atoms with Crippen LogP contribution in [-0.4, -0.2) is 31.1 Å². The molecular weight excluding hydrogens is 232 g/mol. The van der Waals surface area contributed by atoms with E-state index in [0.29, 0.717) is 6.04 Å². The maximum absolute atomic E-state index is 3.53. The van der Waals surface area contributed by atoms with Crippen molar-refractivity contribution in [2.75, 3.05) is 26.2 Å². The second kappa shape index (κ2) is 8.34. The van der Waals surface area contributed by atoms with Gasteiger partial charge in [-0.25, -0.2) is 0 Å². The molecule has 1 N–H and O–H groups in total. The average molecular weight is 260 g/mol. The lowest BCUT2D eigenvalue weighted by Gasteiger charge is -2.36.